The van der Waals surface area contributed by atoms with Gasteiger partial charge in [-0.05, 0) is 24.6 Å². The number of aromatic nitrogens is 2. The fraction of sp³-hybridized carbons (Fsp3) is 0.500. The Morgan fingerprint density at radius 2 is 1.96 bits per heavy atom. The van der Waals surface area contributed by atoms with Gasteiger partial charge in [0.15, 0.2) is 11.8 Å². The van der Waals surface area contributed by atoms with E-state index in [0.717, 1.165) is 18.1 Å². The average molecular weight is 347 g/mol. The molecule has 0 unspecified atom stereocenters. The van der Waals surface area contributed by atoms with Crippen molar-refractivity contribution in [1.82, 2.24) is 20.4 Å². The van der Waals surface area contributed by atoms with Gasteiger partial charge in [0.2, 0.25) is 5.89 Å². The van der Waals surface area contributed by atoms with Crippen molar-refractivity contribution in [2.75, 3.05) is 13.6 Å². The highest BCUT2D eigenvalue weighted by molar-refractivity contribution is 5.79. The molecule has 0 bridgehead atoms. The molecule has 0 radical (unpaired) electrons. The molecule has 1 aromatic heterocycles. The summed E-state index contributed by atoms with van der Waals surface area (Å²) < 4.78 is 18.3. The summed E-state index contributed by atoms with van der Waals surface area (Å²) in [5, 5.41) is 7.22. The van der Waals surface area contributed by atoms with Gasteiger partial charge in [0.25, 0.3) is 0 Å². The third-order valence-electron chi connectivity index (χ3n) is 3.51. The predicted octanol–water partition coefficient (Wildman–Crippen LogP) is 3.10. The minimum absolute atomic E-state index is 0.182. The van der Waals surface area contributed by atoms with Crippen LogP contribution in [0.2, 0.25) is 0 Å². The molecule has 0 aliphatic heterocycles. The van der Waals surface area contributed by atoms with Crippen molar-refractivity contribution in [3.63, 3.8) is 0 Å². The molecule has 0 saturated heterocycles. The molecule has 0 amide bonds. The Morgan fingerprint density at radius 3 is 2.52 bits per heavy atom. The quantitative estimate of drug-likeness (QED) is 0.665. The molecule has 0 atom stereocenters. The van der Waals surface area contributed by atoms with E-state index < -0.39 is 0 Å². The van der Waals surface area contributed by atoms with Crippen LogP contribution in [0.25, 0.3) is 0 Å². The zero-order valence-corrected chi connectivity index (χ0v) is 15.5. The van der Waals surface area contributed by atoms with E-state index in [9.17, 15) is 4.39 Å². The fourth-order valence-electron chi connectivity index (χ4n) is 2.18. The first-order chi connectivity index (χ1) is 11.8. The predicted molar refractivity (Wildman–Crippen MR) is 95.7 cm³/mol. The lowest BCUT2D eigenvalue weighted by atomic mass is 9.97. The van der Waals surface area contributed by atoms with Crippen LogP contribution in [0, 0.1) is 5.82 Å². The van der Waals surface area contributed by atoms with Gasteiger partial charge in [-0.15, -0.1) is 0 Å². The summed E-state index contributed by atoms with van der Waals surface area (Å²) in [5.41, 5.74) is 0.822. The maximum atomic E-state index is 13.0. The molecule has 6 nitrogen and oxygen atoms in total. The molecule has 0 aliphatic rings. The van der Waals surface area contributed by atoms with Gasteiger partial charge in [-0.3, -0.25) is 0 Å². The smallest absolute Gasteiger partial charge is 0.232 e. The third-order valence-corrected chi connectivity index (χ3v) is 3.51. The Labute approximate surface area is 148 Å². The van der Waals surface area contributed by atoms with E-state index in [4.69, 9.17) is 4.52 Å². The first-order valence-corrected chi connectivity index (χ1v) is 8.36. The van der Waals surface area contributed by atoms with E-state index in [1.165, 1.54) is 12.1 Å². The lowest BCUT2D eigenvalue weighted by molar-refractivity contribution is 0.318. The van der Waals surface area contributed by atoms with Crippen LogP contribution in [0.3, 0.4) is 0 Å². The van der Waals surface area contributed by atoms with Crippen LogP contribution in [0.1, 0.15) is 45.0 Å². The summed E-state index contributed by atoms with van der Waals surface area (Å²) in [5.74, 6) is 1.64. The Morgan fingerprint density at radius 1 is 1.28 bits per heavy atom. The molecule has 2 aromatic rings. The van der Waals surface area contributed by atoms with E-state index in [1.54, 1.807) is 12.1 Å². The highest BCUT2D eigenvalue weighted by Gasteiger charge is 2.21. The number of nitrogens with one attached hydrogen (secondary N) is 1. The number of hydrogen-bond donors (Lipinski definition) is 1. The van der Waals surface area contributed by atoms with Gasteiger partial charge in [-0.2, -0.15) is 4.98 Å². The van der Waals surface area contributed by atoms with Crippen molar-refractivity contribution < 1.29 is 8.91 Å². The SMILES string of the molecule is CCNC(=NCc1noc(C(C)(C)C)n1)N(C)Cc1ccc(F)cc1. The molecular formula is C18H26FN5O. The zero-order chi connectivity index (χ0) is 18.4. The van der Waals surface area contributed by atoms with Gasteiger partial charge >= 0.3 is 0 Å². The first kappa shape index (κ1) is 18.9. The lowest BCUT2D eigenvalue weighted by Crippen LogP contribution is -2.38. The van der Waals surface area contributed by atoms with Crippen LogP contribution in [-0.4, -0.2) is 34.6 Å². The first-order valence-electron chi connectivity index (χ1n) is 8.36. The Kier molecular flexibility index (Phi) is 6.12. The molecule has 25 heavy (non-hydrogen) atoms. The monoisotopic (exact) mass is 347 g/mol. The summed E-state index contributed by atoms with van der Waals surface area (Å²) in [7, 11) is 1.93. The zero-order valence-electron chi connectivity index (χ0n) is 15.5. The van der Waals surface area contributed by atoms with Crippen molar-refractivity contribution in [3.8, 4) is 0 Å². The van der Waals surface area contributed by atoms with Crippen molar-refractivity contribution in [3.05, 3.63) is 47.4 Å². The summed E-state index contributed by atoms with van der Waals surface area (Å²) in [4.78, 5) is 10.9. The maximum Gasteiger partial charge on any atom is 0.232 e. The third kappa shape index (κ3) is 5.55. The van der Waals surface area contributed by atoms with Crippen LogP contribution in [-0.2, 0) is 18.5 Å². The molecule has 0 spiro atoms. The Hall–Kier alpha value is -2.44. The summed E-state index contributed by atoms with van der Waals surface area (Å²) in [6.07, 6.45) is 0. The summed E-state index contributed by atoms with van der Waals surface area (Å²) in [6, 6.07) is 6.45. The summed E-state index contributed by atoms with van der Waals surface area (Å²) in [6.45, 7) is 9.76. The second kappa shape index (κ2) is 8.09. The molecule has 1 heterocycles. The fourth-order valence-corrected chi connectivity index (χ4v) is 2.18. The van der Waals surface area contributed by atoms with E-state index in [0.29, 0.717) is 24.8 Å². The Balaban J connectivity index is 2.06. The van der Waals surface area contributed by atoms with Crippen LogP contribution in [0.15, 0.2) is 33.8 Å². The van der Waals surface area contributed by atoms with Crippen molar-refractivity contribution >= 4 is 5.96 Å². The van der Waals surface area contributed by atoms with Crippen molar-refractivity contribution in [1.29, 1.82) is 0 Å². The number of benzene rings is 1. The molecule has 136 valence electrons. The molecule has 2 rings (SSSR count). The minimum Gasteiger partial charge on any atom is -0.357 e. The molecule has 0 saturated carbocycles. The highest BCUT2D eigenvalue weighted by Crippen LogP contribution is 2.19. The molecule has 0 fully saturated rings. The highest BCUT2D eigenvalue weighted by atomic mass is 19.1. The van der Waals surface area contributed by atoms with Crippen molar-refractivity contribution in [2.24, 2.45) is 4.99 Å². The number of rotatable bonds is 5. The normalized spacial score (nSPS) is 12.3. The molecule has 0 aliphatic carbocycles. The van der Waals surface area contributed by atoms with Gasteiger partial charge < -0.3 is 14.7 Å². The minimum atomic E-state index is -0.237. The number of nitrogens with zero attached hydrogens (tertiary/aromatic N) is 4. The topological polar surface area (TPSA) is 66.5 Å². The second-order valence-electron chi connectivity index (χ2n) is 6.92. The van der Waals surface area contributed by atoms with Crippen LogP contribution < -0.4 is 5.32 Å². The number of aliphatic imine (C=N–C) groups is 1. The van der Waals surface area contributed by atoms with E-state index in [-0.39, 0.29) is 11.2 Å². The Bertz CT molecular complexity index is 703. The van der Waals surface area contributed by atoms with Crippen LogP contribution >= 0.6 is 0 Å². The number of halogens is 1. The van der Waals surface area contributed by atoms with Gasteiger partial charge in [0.05, 0.1) is 0 Å². The summed E-state index contributed by atoms with van der Waals surface area (Å²) >= 11 is 0. The van der Waals surface area contributed by atoms with E-state index in [1.807, 2.05) is 39.6 Å². The van der Waals surface area contributed by atoms with Gasteiger partial charge in [-0.25, -0.2) is 9.38 Å². The molecular weight excluding hydrogens is 321 g/mol. The van der Waals surface area contributed by atoms with Crippen molar-refractivity contribution in [2.45, 2.75) is 46.2 Å². The second-order valence-corrected chi connectivity index (χ2v) is 6.92. The number of hydrogen-bond acceptors (Lipinski definition) is 4. The van der Waals surface area contributed by atoms with E-state index in [2.05, 4.69) is 20.4 Å². The maximum absolute atomic E-state index is 13.0. The standard InChI is InChI=1S/C18H26FN5O/c1-6-20-17(24(5)12-13-7-9-14(19)10-8-13)21-11-15-22-16(25-23-15)18(2,3)4/h7-10H,6,11-12H2,1-5H3,(H,20,21). The lowest BCUT2D eigenvalue weighted by Gasteiger charge is -2.22. The van der Waals surface area contributed by atoms with Gasteiger partial charge in [0, 0.05) is 25.6 Å². The number of guanidine groups is 1. The van der Waals surface area contributed by atoms with Gasteiger partial charge in [0.1, 0.15) is 12.4 Å². The molecule has 1 aromatic carbocycles. The largest absolute Gasteiger partial charge is 0.357 e. The van der Waals surface area contributed by atoms with Crippen LogP contribution in [0.5, 0.6) is 0 Å². The molecule has 1 N–H and O–H groups in total. The molecule has 7 heteroatoms. The van der Waals surface area contributed by atoms with Gasteiger partial charge in [-0.1, -0.05) is 38.1 Å². The van der Waals surface area contributed by atoms with Crippen LogP contribution in [0.4, 0.5) is 4.39 Å². The average Bonchev–Trinajstić information content (AvgIpc) is 3.02. The van der Waals surface area contributed by atoms with E-state index >= 15 is 0 Å².